The molecule has 0 unspecified atom stereocenters. The average molecular weight is 481 g/mol. The largest absolute Gasteiger partial charge is 0.508 e. The summed E-state index contributed by atoms with van der Waals surface area (Å²) in [7, 11) is 0. The number of phenols is 2. The molecule has 1 fully saturated rings. The Morgan fingerprint density at radius 1 is 1.06 bits per heavy atom. The number of ether oxygens (including phenoxy) is 1. The van der Waals surface area contributed by atoms with Gasteiger partial charge in [-0.15, -0.1) is 0 Å². The summed E-state index contributed by atoms with van der Waals surface area (Å²) in [5, 5.41) is 23.7. The number of esters is 1. The third-order valence-corrected chi connectivity index (χ3v) is 7.10. The first kappa shape index (κ1) is 25.0. The number of carbonyl (C=O) groups excluding carboxylic acids is 2. The van der Waals surface area contributed by atoms with Gasteiger partial charge in [0, 0.05) is 25.7 Å². The topological polar surface area (TPSA) is 99.1 Å². The SMILES string of the molecule is CC(C)c1cc(C(=O)N2Cc3ccc(CNC(C)(C)C(=O)OC4CCCC4)cc3C2)c(O)cc1O. The van der Waals surface area contributed by atoms with E-state index in [0.29, 0.717) is 25.2 Å². The van der Waals surface area contributed by atoms with Gasteiger partial charge in [-0.25, -0.2) is 0 Å². The van der Waals surface area contributed by atoms with Crippen molar-refractivity contribution in [2.45, 2.75) is 90.6 Å². The second kappa shape index (κ2) is 9.90. The van der Waals surface area contributed by atoms with Gasteiger partial charge in [-0.2, -0.15) is 0 Å². The Labute approximate surface area is 207 Å². The van der Waals surface area contributed by atoms with Crippen LogP contribution in [-0.2, 0) is 29.2 Å². The third-order valence-electron chi connectivity index (χ3n) is 7.10. The molecule has 2 aromatic rings. The number of benzene rings is 2. The maximum Gasteiger partial charge on any atom is 0.326 e. The smallest absolute Gasteiger partial charge is 0.326 e. The van der Waals surface area contributed by atoms with E-state index in [1.165, 1.54) is 6.07 Å². The number of aromatic hydroxyl groups is 2. The predicted octanol–water partition coefficient (Wildman–Crippen LogP) is 4.73. The van der Waals surface area contributed by atoms with E-state index in [4.69, 9.17) is 4.74 Å². The first-order valence-electron chi connectivity index (χ1n) is 12.5. The molecule has 7 heteroatoms. The molecular formula is C28H36N2O5. The van der Waals surface area contributed by atoms with E-state index in [-0.39, 0.29) is 41.0 Å². The van der Waals surface area contributed by atoms with Gasteiger partial charge in [0.05, 0.1) is 5.56 Å². The molecule has 0 saturated heterocycles. The molecule has 7 nitrogen and oxygen atoms in total. The van der Waals surface area contributed by atoms with Crippen LogP contribution < -0.4 is 5.32 Å². The van der Waals surface area contributed by atoms with Crippen LogP contribution >= 0.6 is 0 Å². The Hall–Kier alpha value is -3.06. The Morgan fingerprint density at radius 2 is 1.74 bits per heavy atom. The van der Waals surface area contributed by atoms with Crippen LogP contribution in [0.25, 0.3) is 0 Å². The lowest BCUT2D eigenvalue weighted by atomic mass is 9.98. The van der Waals surface area contributed by atoms with E-state index in [1.807, 2.05) is 39.8 Å². The minimum atomic E-state index is -0.797. The van der Waals surface area contributed by atoms with Crippen molar-refractivity contribution in [3.63, 3.8) is 0 Å². The highest BCUT2D eigenvalue weighted by molar-refractivity contribution is 5.97. The van der Waals surface area contributed by atoms with Crippen molar-refractivity contribution in [2.24, 2.45) is 0 Å². The molecular weight excluding hydrogens is 444 g/mol. The van der Waals surface area contributed by atoms with Gasteiger partial charge in [0.1, 0.15) is 23.1 Å². The summed E-state index contributed by atoms with van der Waals surface area (Å²) in [4.78, 5) is 27.5. The molecule has 0 aromatic heterocycles. The number of nitrogens with zero attached hydrogens (tertiary/aromatic N) is 1. The lowest BCUT2D eigenvalue weighted by Gasteiger charge is -2.26. The van der Waals surface area contributed by atoms with E-state index < -0.39 is 5.54 Å². The van der Waals surface area contributed by atoms with E-state index in [2.05, 4.69) is 11.4 Å². The molecule has 0 radical (unpaired) electrons. The fourth-order valence-electron chi connectivity index (χ4n) is 4.80. The Kier molecular flexibility index (Phi) is 7.08. The molecule has 1 heterocycles. The molecule has 1 aliphatic carbocycles. The minimum Gasteiger partial charge on any atom is -0.508 e. The monoisotopic (exact) mass is 480 g/mol. The van der Waals surface area contributed by atoms with Gasteiger partial charge in [0.25, 0.3) is 5.91 Å². The number of carbonyl (C=O) groups is 2. The van der Waals surface area contributed by atoms with Crippen LogP contribution in [0.15, 0.2) is 30.3 Å². The standard InChI is InChI=1S/C28H36N2O5/c1-17(2)22-12-23(25(32)13-24(22)31)26(33)30-15-19-10-9-18(11-20(19)16-30)14-29-28(3,4)27(34)35-21-7-5-6-8-21/h9-13,17,21,29,31-32H,5-8,14-16H2,1-4H3. The lowest BCUT2D eigenvalue weighted by molar-refractivity contribution is -0.155. The second-order valence-corrected chi connectivity index (χ2v) is 10.6. The highest BCUT2D eigenvalue weighted by atomic mass is 16.5. The number of nitrogens with one attached hydrogen (secondary N) is 1. The third kappa shape index (κ3) is 5.45. The Morgan fingerprint density at radius 3 is 2.43 bits per heavy atom. The number of hydrogen-bond donors (Lipinski definition) is 3. The summed E-state index contributed by atoms with van der Waals surface area (Å²) in [6.07, 6.45) is 4.17. The minimum absolute atomic E-state index is 0.00838. The molecule has 0 bridgehead atoms. The van der Waals surface area contributed by atoms with Crippen LogP contribution in [0.4, 0.5) is 0 Å². The molecule has 1 amide bonds. The summed E-state index contributed by atoms with van der Waals surface area (Å²) < 4.78 is 5.68. The van der Waals surface area contributed by atoms with Gasteiger partial charge in [-0.3, -0.25) is 14.9 Å². The second-order valence-electron chi connectivity index (χ2n) is 10.6. The molecule has 1 aliphatic heterocycles. The molecule has 1 saturated carbocycles. The van der Waals surface area contributed by atoms with E-state index in [9.17, 15) is 19.8 Å². The Balaban J connectivity index is 1.40. The number of hydrogen-bond acceptors (Lipinski definition) is 6. The zero-order chi connectivity index (χ0) is 25.3. The zero-order valence-electron chi connectivity index (χ0n) is 21.1. The summed E-state index contributed by atoms with van der Waals surface area (Å²) in [6, 6.07) is 8.91. The van der Waals surface area contributed by atoms with Crippen LogP contribution in [0.2, 0.25) is 0 Å². The van der Waals surface area contributed by atoms with Crippen molar-refractivity contribution < 1.29 is 24.5 Å². The predicted molar refractivity (Wildman–Crippen MR) is 133 cm³/mol. The van der Waals surface area contributed by atoms with E-state index >= 15 is 0 Å². The van der Waals surface area contributed by atoms with Crippen LogP contribution in [0.1, 0.15) is 91.9 Å². The van der Waals surface area contributed by atoms with Crippen LogP contribution in [0.3, 0.4) is 0 Å². The quantitative estimate of drug-likeness (QED) is 0.496. The van der Waals surface area contributed by atoms with Crippen molar-refractivity contribution in [2.75, 3.05) is 0 Å². The molecule has 0 spiro atoms. The lowest BCUT2D eigenvalue weighted by Crippen LogP contribution is -2.48. The normalized spacial score (nSPS) is 16.1. The Bertz CT molecular complexity index is 1120. The van der Waals surface area contributed by atoms with Crippen molar-refractivity contribution in [1.82, 2.24) is 10.2 Å². The van der Waals surface area contributed by atoms with E-state index in [0.717, 1.165) is 42.4 Å². The van der Waals surface area contributed by atoms with Crippen LogP contribution in [0.5, 0.6) is 11.5 Å². The van der Waals surface area contributed by atoms with Crippen molar-refractivity contribution in [3.05, 3.63) is 58.1 Å². The average Bonchev–Trinajstić information content (AvgIpc) is 3.46. The van der Waals surface area contributed by atoms with Gasteiger partial charge >= 0.3 is 5.97 Å². The maximum atomic E-state index is 13.2. The molecule has 35 heavy (non-hydrogen) atoms. The van der Waals surface area contributed by atoms with Gasteiger partial charge in [0.2, 0.25) is 0 Å². The highest BCUT2D eigenvalue weighted by Crippen LogP contribution is 2.34. The number of phenolic OH excluding ortho intramolecular Hbond substituents is 2. The molecule has 3 N–H and O–H groups in total. The van der Waals surface area contributed by atoms with Crippen molar-refractivity contribution in [3.8, 4) is 11.5 Å². The van der Waals surface area contributed by atoms with Gasteiger partial charge in [-0.1, -0.05) is 32.0 Å². The van der Waals surface area contributed by atoms with E-state index in [1.54, 1.807) is 11.0 Å². The van der Waals surface area contributed by atoms with Crippen LogP contribution in [0, 0.1) is 0 Å². The van der Waals surface area contributed by atoms with Crippen molar-refractivity contribution in [1.29, 1.82) is 0 Å². The number of amides is 1. The van der Waals surface area contributed by atoms with Gasteiger partial charge in [-0.05, 0) is 73.8 Å². The highest BCUT2D eigenvalue weighted by Gasteiger charge is 2.32. The number of rotatable bonds is 7. The van der Waals surface area contributed by atoms with Gasteiger partial charge < -0.3 is 19.8 Å². The van der Waals surface area contributed by atoms with Crippen LogP contribution in [-0.4, -0.2) is 38.6 Å². The molecule has 0 atom stereocenters. The first-order chi connectivity index (χ1) is 16.5. The molecule has 2 aromatic carbocycles. The fourth-order valence-corrected chi connectivity index (χ4v) is 4.80. The first-order valence-corrected chi connectivity index (χ1v) is 12.5. The number of fused-ring (bicyclic) bond motifs is 1. The van der Waals surface area contributed by atoms with Crippen molar-refractivity contribution >= 4 is 11.9 Å². The summed E-state index contributed by atoms with van der Waals surface area (Å²) in [5.41, 5.74) is 3.16. The van der Waals surface area contributed by atoms with Gasteiger partial charge in [0.15, 0.2) is 0 Å². The summed E-state index contributed by atoms with van der Waals surface area (Å²) in [5.74, 6) is -0.698. The molecule has 188 valence electrons. The zero-order valence-corrected chi connectivity index (χ0v) is 21.1. The molecule has 2 aliphatic rings. The summed E-state index contributed by atoms with van der Waals surface area (Å²) in [6.45, 7) is 8.94. The molecule has 4 rings (SSSR count). The summed E-state index contributed by atoms with van der Waals surface area (Å²) >= 11 is 0. The fraction of sp³-hybridized carbons (Fsp3) is 0.500. The maximum absolute atomic E-state index is 13.2.